The number of aryl methyl sites for hydroxylation is 1. The van der Waals surface area contributed by atoms with Gasteiger partial charge >= 0.3 is 0 Å². The molecule has 1 aliphatic carbocycles. The summed E-state index contributed by atoms with van der Waals surface area (Å²) in [4.78, 5) is 0. The lowest BCUT2D eigenvalue weighted by Crippen LogP contribution is -2.11. The van der Waals surface area contributed by atoms with E-state index in [1.54, 1.807) is 0 Å². The number of fused-ring (bicyclic) bond motifs is 1. The minimum absolute atomic E-state index is 0.184. The summed E-state index contributed by atoms with van der Waals surface area (Å²) < 4.78 is 0. The molecule has 0 bridgehead atoms. The Morgan fingerprint density at radius 3 is 2.79 bits per heavy atom. The number of rotatable bonds is 2. The molecule has 76 valence electrons. The second kappa shape index (κ2) is 4.11. The molecule has 2 nitrogen and oxygen atoms in total. The van der Waals surface area contributed by atoms with Gasteiger partial charge in [-0.1, -0.05) is 18.2 Å². The van der Waals surface area contributed by atoms with Crippen LogP contribution < -0.4 is 0 Å². The van der Waals surface area contributed by atoms with Crippen LogP contribution in [0.5, 0.6) is 0 Å². The fraction of sp³-hybridized carbons (Fsp3) is 0.500. The van der Waals surface area contributed by atoms with Crippen molar-refractivity contribution in [3.63, 3.8) is 0 Å². The van der Waals surface area contributed by atoms with Crippen molar-refractivity contribution in [2.24, 2.45) is 0 Å². The van der Waals surface area contributed by atoms with E-state index in [2.05, 4.69) is 6.07 Å². The second-order valence-corrected chi connectivity index (χ2v) is 3.89. The van der Waals surface area contributed by atoms with E-state index in [0.29, 0.717) is 0 Å². The molecule has 1 aromatic carbocycles. The first kappa shape index (κ1) is 9.69. The normalized spacial score (nSPS) is 17.6. The predicted molar refractivity (Wildman–Crippen MR) is 55.1 cm³/mol. The molecule has 0 fully saturated rings. The fourth-order valence-corrected chi connectivity index (χ4v) is 2.22. The fourth-order valence-electron chi connectivity index (χ4n) is 2.22. The highest BCUT2D eigenvalue weighted by Gasteiger charge is 2.16. The first-order chi connectivity index (χ1) is 6.83. The van der Waals surface area contributed by atoms with Crippen molar-refractivity contribution in [2.45, 2.75) is 31.8 Å². The molecule has 14 heavy (non-hydrogen) atoms. The van der Waals surface area contributed by atoms with Crippen LogP contribution in [0.4, 0.5) is 0 Å². The minimum Gasteiger partial charge on any atom is -0.393 e. The zero-order valence-electron chi connectivity index (χ0n) is 8.24. The first-order valence-corrected chi connectivity index (χ1v) is 5.22. The SMILES string of the molecule is OCC(O)c1cccc2c1CCCC2. The van der Waals surface area contributed by atoms with Crippen molar-refractivity contribution in [2.75, 3.05) is 6.61 Å². The van der Waals surface area contributed by atoms with Crippen LogP contribution in [0, 0.1) is 0 Å². The summed E-state index contributed by atoms with van der Waals surface area (Å²) in [6, 6.07) is 6.02. The Bertz CT molecular complexity index is 320. The Kier molecular flexibility index (Phi) is 2.85. The molecule has 0 radical (unpaired) electrons. The van der Waals surface area contributed by atoms with E-state index in [4.69, 9.17) is 5.11 Å². The summed E-state index contributed by atoms with van der Waals surface area (Å²) in [5.74, 6) is 0. The zero-order chi connectivity index (χ0) is 9.97. The van der Waals surface area contributed by atoms with Gasteiger partial charge in [-0.15, -0.1) is 0 Å². The van der Waals surface area contributed by atoms with Gasteiger partial charge < -0.3 is 10.2 Å². The van der Waals surface area contributed by atoms with E-state index in [1.165, 1.54) is 24.0 Å². The number of aliphatic hydroxyl groups excluding tert-OH is 2. The molecule has 0 aromatic heterocycles. The number of aliphatic hydroxyl groups is 2. The van der Waals surface area contributed by atoms with Crippen LogP contribution in [0.15, 0.2) is 18.2 Å². The topological polar surface area (TPSA) is 40.5 Å². The van der Waals surface area contributed by atoms with Crippen molar-refractivity contribution in [1.29, 1.82) is 0 Å². The standard InChI is InChI=1S/C12H16O2/c13-8-12(14)11-7-3-5-9-4-1-2-6-10(9)11/h3,5,7,12-14H,1-2,4,6,8H2. The molecule has 1 aliphatic rings. The van der Waals surface area contributed by atoms with E-state index >= 15 is 0 Å². The molecule has 2 N–H and O–H groups in total. The summed E-state index contributed by atoms with van der Waals surface area (Å²) in [6.45, 7) is -0.184. The minimum atomic E-state index is -0.706. The maximum Gasteiger partial charge on any atom is 0.102 e. The van der Waals surface area contributed by atoms with Crippen molar-refractivity contribution >= 4 is 0 Å². The van der Waals surface area contributed by atoms with Gasteiger partial charge in [-0.25, -0.2) is 0 Å². The van der Waals surface area contributed by atoms with Gasteiger partial charge in [0.05, 0.1) is 6.61 Å². The largest absolute Gasteiger partial charge is 0.393 e. The quantitative estimate of drug-likeness (QED) is 0.747. The van der Waals surface area contributed by atoms with E-state index < -0.39 is 6.10 Å². The van der Waals surface area contributed by atoms with Gasteiger partial charge in [0.2, 0.25) is 0 Å². The van der Waals surface area contributed by atoms with Crippen LogP contribution in [0.25, 0.3) is 0 Å². The lowest BCUT2D eigenvalue weighted by molar-refractivity contribution is 0.0947. The Labute approximate surface area is 84.2 Å². The Hall–Kier alpha value is -0.860. The lowest BCUT2D eigenvalue weighted by atomic mass is 9.87. The zero-order valence-corrected chi connectivity index (χ0v) is 8.24. The highest BCUT2D eigenvalue weighted by molar-refractivity contribution is 5.38. The third kappa shape index (κ3) is 1.68. The lowest BCUT2D eigenvalue weighted by Gasteiger charge is -2.21. The van der Waals surface area contributed by atoms with Gasteiger partial charge in [-0.05, 0) is 42.4 Å². The molecule has 1 aromatic rings. The van der Waals surface area contributed by atoms with Crippen LogP contribution in [0.1, 0.15) is 35.6 Å². The van der Waals surface area contributed by atoms with Crippen molar-refractivity contribution in [3.05, 3.63) is 34.9 Å². The van der Waals surface area contributed by atoms with Crippen LogP contribution in [0.2, 0.25) is 0 Å². The Balaban J connectivity index is 2.39. The number of benzene rings is 1. The first-order valence-electron chi connectivity index (χ1n) is 5.22. The third-order valence-electron chi connectivity index (χ3n) is 2.96. The number of hydrogen-bond acceptors (Lipinski definition) is 2. The van der Waals surface area contributed by atoms with Gasteiger partial charge in [-0.3, -0.25) is 0 Å². The highest BCUT2D eigenvalue weighted by atomic mass is 16.3. The Morgan fingerprint density at radius 1 is 1.21 bits per heavy atom. The Morgan fingerprint density at radius 2 is 2.00 bits per heavy atom. The van der Waals surface area contributed by atoms with Gasteiger partial charge in [0.1, 0.15) is 6.10 Å². The molecule has 0 amide bonds. The average Bonchev–Trinajstić information content (AvgIpc) is 2.27. The predicted octanol–water partition coefficient (Wildman–Crippen LogP) is 1.59. The van der Waals surface area contributed by atoms with Gasteiger partial charge in [-0.2, -0.15) is 0 Å². The summed E-state index contributed by atoms with van der Waals surface area (Å²) >= 11 is 0. The van der Waals surface area contributed by atoms with Crippen LogP contribution in [-0.2, 0) is 12.8 Å². The summed E-state index contributed by atoms with van der Waals surface area (Å²) in [5.41, 5.74) is 3.53. The molecule has 1 unspecified atom stereocenters. The monoisotopic (exact) mass is 192 g/mol. The van der Waals surface area contributed by atoms with E-state index in [1.807, 2.05) is 12.1 Å². The smallest absolute Gasteiger partial charge is 0.102 e. The maximum atomic E-state index is 9.64. The molecular formula is C12H16O2. The molecule has 0 aliphatic heterocycles. The van der Waals surface area contributed by atoms with Gasteiger partial charge in [0, 0.05) is 0 Å². The second-order valence-electron chi connectivity index (χ2n) is 3.89. The molecule has 0 saturated heterocycles. The summed E-state index contributed by atoms with van der Waals surface area (Å²) in [6.07, 6.45) is 3.89. The average molecular weight is 192 g/mol. The van der Waals surface area contributed by atoms with Crippen LogP contribution in [0.3, 0.4) is 0 Å². The van der Waals surface area contributed by atoms with E-state index in [0.717, 1.165) is 18.4 Å². The molecule has 2 rings (SSSR count). The number of hydrogen-bond donors (Lipinski definition) is 2. The van der Waals surface area contributed by atoms with Crippen LogP contribution in [-0.4, -0.2) is 16.8 Å². The molecular weight excluding hydrogens is 176 g/mol. The van der Waals surface area contributed by atoms with Crippen molar-refractivity contribution < 1.29 is 10.2 Å². The molecule has 2 heteroatoms. The van der Waals surface area contributed by atoms with Crippen molar-refractivity contribution in [1.82, 2.24) is 0 Å². The summed E-state index contributed by atoms with van der Waals surface area (Å²) in [7, 11) is 0. The van der Waals surface area contributed by atoms with Gasteiger partial charge in [0.15, 0.2) is 0 Å². The molecule has 1 atom stereocenters. The van der Waals surface area contributed by atoms with E-state index in [9.17, 15) is 5.11 Å². The maximum absolute atomic E-state index is 9.64. The highest BCUT2D eigenvalue weighted by Crippen LogP contribution is 2.27. The van der Waals surface area contributed by atoms with Crippen LogP contribution >= 0.6 is 0 Å². The third-order valence-corrected chi connectivity index (χ3v) is 2.96. The molecule has 0 heterocycles. The van der Waals surface area contributed by atoms with E-state index in [-0.39, 0.29) is 6.61 Å². The summed E-state index contributed by atoms with van der Waals surface area (Å²) in [5, 5.41) is 18.6. The molecule has 0 saturated carbocycles. The van der Waals surface area contributed by atoms with Crippen molar-refractivity contribution in [3.8, 4) is 0 Å². The molecule has 0 spiro atoms. The van der Waals surface area contributed by atoms with Gasteiger partial charge in [0.25, 0.3) is 0 Å².